The number of ether oxygens (including phenoxy) is 1. The van der Waals surface area contributed by atoms with E-state index in [1.807, 2.05) is 18.4 Å². The molecule has 2 rings (SSSR count). The molecule has 0 aliphatic carbocycles. The predicted octanol–water partition coefficient (Wildman–Crippen LogP) is 1.94. The van der Waals surface area contributed by atoms with Crippen LogP contribution in [0.15, 0.2) is 47.4 Å². The number of hydrazine groups is 1. The number of nitrogen functional groups attached to an aromatic ring is 1. The van der Waals surface area contributed by atoms with Crippen LogP contribution in [0, 0.1) is 0 Å². The van der Waals surface area contributed by atoms with E-state index in [0.717, 1.165) is 18.9 Å². The molecular weight excluding hydrogens is 356 g/mol. The summed E-state index contributed by atoms with van der Waals surface area (Å²) < 4.78 is 30.0. The normalized spacial score (nSPS) is 11.0. The van der Waals surface area contributed by atoms with Crippen LogP contribution in [-0.2, 0) is 10.0 Å². The number of nitrogens with one attached hydrogen (secondary N) is 2. The zero-order valence-electron chi connectivity index (χ0n) is 14.4. The van der Waals surface area contributed by atoms with Crippen molar-refractivity contribution in [2.75, 3.05) is 11.9 Å². The molecule has 6 N–H and O–H groups in total. The molecular formula is C17H22N4O4S. The SMILES string of the molecule is CCCCNc1cc(C(=O)NN)cc(S(N)(=O)=O)c1Oc1ccccc1. The lowest BCUT2D eigenvalue weighted by Crippen LogP contribution is -2.30. The molecule has 2 aromatic carbocycles. The molecule has 9 heteroatoms. The van der Waals surface area contributed by atoms with Crippen LogP contribution in [0.25, 0.3) is 0 Å². The number of sulfonamides is 1. The summed E-state index contributed by atoms with van der Waals surface area (Å²) in [5.74, 6) is 4.99. The van der Waals surface area contributed by atoms with E-state index in [9.17, 15) is 13.2 Å². The standard InChI is InChI=1S/C17H22N4O4S/c1-2-3-9-20-14-10-12(17(22)21-18)11-15(26(19,23)24)16(14)25-13-7-5-4-6-8-13/h4-8,10-11,20H,2-3,9,18H2,1H3,(H,21,22)(H2,19,23,24). The Bertz CT molecular complexity index is 870. The van der Waals surface area contributed by atoms with Gasteiger partial charge in [0.05, 0.1) is 5.69 Å². The van der Waals surface area contributed by atoms with Gasteiger partial charge in [-0.15, -0.1) is 0 Å². The second-order valence-electron chi connectivity index (χ2n) is 5.56. The number of unbranched alkanes of at least 4 members (excludes halogenated alkanes) is 1. The number of para-hydroxylation sites is 1. The quantitative estimate of drug-likeness (QED) is 0.240. The van der Waals surface area contributed by atoms with Crippen LogP contribution in [-0.4, -0.2) is 20.9 Å². The van der Waals surface area contributed by atoms with Crippen molar-refractivity contribution in [2.45, 2.75) is 24.7 Å². The fourth-order valence-electron chi connectivity index (χ4n) is 2.27. The second kappa shape index (κ2) is 8.65. The van der Waals surface area contributed by atoms with Crippen molar-refractivity contribution in [3.8, 4) is 11.5 Å². The molecule has 0 atom stereocenters. The van der Waals surface area contributed by atoms with Gasteiger partial charge in [0.25, 0.3) is 5.91 Å². The molecule has 2 aromatic rings. The maximum absolute atomic E-state index is 12.1. The molecule has 0 aliphatic rings. The minimum atomic E-state index is -4.16. The Hall–Kier alpha value is -2.62. The number of hydrogen-bond acceptors (Lipinski definition) is 6. The summed E-state index contributed by atoms with van der Waals surface area (Å²) >= 11 is 0. The molecule has 0 saturated heterocycles. The van der Waals surface area contributed by atoms with Gasteiger partial charge in [0, 0.05) is 12.1 Å². The van der Waals surface area contributed by atoms with Crippen LogP contribution in [0.5, 0.6) is 11.5 Å². The number of nitrogens with two attached hydrogens (primary N) is 2. The third-order valence-electron chi connectivity index (χ3n) is 3.56. The maximum atomic E-state index is 12.1. The Kier molecular flexibility index (Phi) is 6.56. The van der Waals surface area contributed by atoms with Gasteiger partial charge in [-0.2, -0.15) is 0 Å². The zero-order valence-corrected chi connectivity index (χ0v) is 15.2. The first-order chi connectivity index (χ1) is 12.4. The van der Waals surface area contributed by atoms with Gasteiger partial charge in [0.15, 0.2) is 5.75 Å². The summed E-state index contributed by atoms with van der Waals surface area (Å²) in [7, 11) is -4.16. The Morgan fingerprint density at radius 3 is 2.46 bits per heavy atom. The van der Waals surface area contributed by atoms with Crippen LogP contribution in [0.2, 0.25) is 0 Å². The lowest BCUT2D eigenvalue weighted by molar-refractivity contribution is 0.0953. The molecule has 0 aromatic heterocycles. The molecule has 1 amide bonds. The van der Waals surface area contributed by atoms with E-state index in [4.69, 9.17) is 15.7 Å². The monoisotopic (exact) mass is 378 g/mol. The van der Waals surface area contributed by atoms with E-state index in [0.29, 0.717) is 18.0 Å². The smallest absolute Gasteiger partial charge is 0.265 e. The molecule has 140 valence electrons. The van der Waals surface area contributed by atoms with E-state index in [1.54, 1.807) is 24.3 Å². The highest BCUT2D eigenvalue weighted by Crippen LogP contribution is 2.37. The van der Waals surface area contributed by atoms with E-state index in [2.05, 4.69) is 5.32 Å². The molecule has 0 fully saturated rings. The van der Waals surface area contributed by atoms with Crippen molar-refractivity contribution >= 4 is 21.6 Å². The van der Waals surface area contributed by atoms with Gasteiger partial charge in [-0.25, -0.2) is 19.4 Å². The van der Waals surface area contributed by atoms with Crippen molar-refractivity contribution in [3.05, 3.63) is 48.0 Å². The van der Waals surface area contributed by atoms with Crippen molar-refractivity contribution in [1.82, 2.24) is 5.43 Å². The average Bonchev–Trinajstić information content (AvgIpc) is 2.62. The Morgan fingerprint density at radius 2 is 1.88 bits per heavy atom. The molecule has 0 unspecified atom stereocenters. The van der Waals surface area contributed by atoms with Gasteiger partial charge < -0.3 is 10.1 Å². The lowest BCUT2D eigenvalue weighted by Gasteiger charge is -2.17. The van der Waals surface area contributed by atoms with Crippen LogP contribution in [0.1, 0.15) is 30.1 Å². The van der Waals surface area contributed by atoms with Crippen molar-refractivity contribution < 1.29 is 17.9 Å². The summed E-state index contributed by atoms with van der Waals surface area (Å²) in [5.41, 5.74) is 2.37. The average molecular weight is 378 g/mol. The van der Waals surface area contributed by atoms with Gasteiger partial charge >= 0.3 is 0 Å². The number of primary sulfonamides is 1. The largest absolute Gasteiger partial charge is 0.454 e. The van der Waals surface area contributed by atoms with Crippen LogP contribution >= 0.6 is 0 Å². The van der Waals surface area contributed by atoms with Gasteiger partial charge in [-0.3, -0.25) is 10.2 Å². The summed E-state index contributed by atoms with van der Waals surface area (Å²) in [6.07, 6.45) is 1.79. The third kappa shape index (κ3) is 4.94. The maximum Gasteiger partial charge on any atom is 0.265 e. The highest BCUT2D eigenvalue weighted by Gasteiger charge is 2.23. The first-order valence-corrected chi connectivity index (χ1v) is 9.60. The van der Waals surface area contributed by atoms with E-state index in [-0.39, 0.29) is 16.2 Å². The van der Waals surface area contributed by atoms with E-state index in [1.165, 1.54) is 6.07 Å². The number of carbonyl (C=O) groups is 1. The molecule has 0 aliphatic heterocycles. The molecule has 0 heterocycles. The molecule has 0 saturated carbocycles. The second-order valence-corrected chi connectivity index (χ2v) is 7.09. The highest BCUT2D eigenvalue weighted by molar-refractivity contribution is 7.89. The molecule has 26 heavy (non-hydrogen) atoms. The first kappa shape index (κ1) is 19.7. The van der Waals surface area contributed by atoms with Crippen LogP contribution < -0.4 is 26.5 Å². The molecule has 0 spiro atoms. The molecule has 0 radical (unpaired) electrons. The topological polar surface area (TPSA) is 137 Å². The van der Waals surface area contributed by atoms with Crippen LogP contribution in [0.3, 0.4) is 0 Å². The Balaban J connectivity index is 2.60. The first-order valence-electron chi connectivity index (χ1n) is 8.05. The fourth-order valence-corrected chi connectivity index (χ4v) is 2.97. The van der Waals surface area contributed by atoms with Crippen molar-refractivity contribution in [2.24, 2.45) is 11.0 Å². The third-order valence-corrected chi connectivity index (χ3v) is 4.48. The summed E-state index contributed by atoms with van der Waals surface area (Å²) in [6.45, 7) is 2.59. The Morgan fingerprint density at radius 1 is 1.19 bits per heavy atom. The van der Waals surface area contributed by atoms with E-state index >= 15 is 0 Å². The van der Waals surface area contributed by atoms with Crippen LogP contribution in [0.4, 0.5) is 5.69 Å². The van der Waals surface area contributed by atoms with E-state index < -0.39 is 15.9 Å². The minimum absolute atomic E-state index is 0.0309. The predicted molar refractivity (Wildman–Crippen MR) is 99.4 cm³/mol. The fraction of sp³-hybridized carbons (Fsp3) is 0.235. The molecule has 0 bridgehead atoms. The number of amides is 1. The minimum Gasteiger partial charge on any atom is -0.454 e. The van der Waals surface area contributed by atoms with Gasteiger partial charge in [0.2, 0.25) is 10.0 Å². The number of hydrogen-bond donors (Lipinski definition) is 4. The van der Waals surface area contributed by atoms with Crippen molar-refractivity contribution in [3.63, 3.8) is 0 Å². The van der Waals surface area contributed by atoms with Gasteiger partial charge in [-0.1, -0.05) is 31.5 Å². The summed E-state index contributed by atoms with van der Waals surface area (Å²) in [4.78, 5) is 11.6. The van der Waals surface area contributed by atoms with Gasteiger partial charge in [-0.05, 0) is 30.7 Å². The summed E-state index contributed by atoms with van der Waals surface area (Å²) in [5, 5.41) is 8.45. The number of benzene rings is 2. The zero-order chi connectivity index (χ0) is 19.2. The van der Waals surface area contributed by atoms with Gasteiger partial charge in [0.1, 0.15) is 10.6 Å². The number of anilines is 1. The lowest BCUT2D eigenvalue weighted by atomic mass is 10.1. The Labute approximate surface area is 152 Å². The number of rotatable bonds is 8. The summed E-state index contributed by atoms with van der Waals surface area (Å²) in [6, 6.07) is 11.3. The van der Waals surface area contributed by atoms with Crippen molar-refractivity contribution in [1.29, 1.82) is 0 Å². The highest BCUT2D eigenvalue weighted by atomic mass is 32.2. The molecule has 8 nitrogen and oxygen atoms in total. The number of carbonyl (C=O) groups excluding carboxylic acids is 1.